The first kappa shape index (κ1) is 19.4. The Bertz CT molecular complexity index is 930. The number of nitrogens with one attached hydrogen (secondary N) is 1. The molecule has 25 heavy (non-hydrogen) atoms. The zero-order valence-corrected chi connectivity index (χ0v) is 15.3. The standard InChI is InChI=1S/C17H18ClFN2O3S/c1-3-14-10(2)6-13(9-16(14)25(20,23)24)21-17(22)7-11-4-5-12(19)8-15(11)18/h4-6,8-9H,3,7H2,1-2H3,(H,21,22)(H2,20,23,24). The third-order valence-corrected chi connectivity index (χ3v) is 5.07. The fourth-order valence-corrected chi connectivity index (χ4v) is 3.78. The van der Waals surface area contributed by atoms with Crippen LogP contribution in [0.25, 0.3) is 0 Å². The molecule has 0 aliphatic heterocycles. The molecule has 0 radical (unpaired) electrons. The number of primary sulfonamides is 1. The Labute approximate surface area is 151 Å². The fourth-order valence-electron chi connectivity index (χ4n) is 2.61. The van der Waals surface area contributed by atoms with Crippen LogP contribution in [0.3, 0.4) is 0 Å². The molecule has 0 aliphatic rings. The molecule has 2 aromatic carbocycles. The first-order valence-electron chi connectivity index (χ1n) is 7.52. The average Bonchev–Trinajstić information content (AvgIpc) is 2.48. The van der Waals surface area contributed by atoms with Crippen LogP contribution >= 0.6 is 11.6 Å². The van der Waals surface area contributed by atoms with Crippen molar-refractivity contribution in [3.63, 3.8) is 0 Å². The largest absolute Gasteiger partial charge is 0.326 e. The van der Waals surface area contributed by atoms with Gasteiger partial charge in [0, 0.05) is 10.7 Å². The van der Waals surface area contributed by atoms with Crippen LogP contribution < -0.4 is 10.5 Å². The number of aryl methyl sites for hydroxylation is 1. The van der Waals surface area contributed by atoms with Crippen LogP contribution in [0.1, 0.15) is 23.6 Å². The number of amides is 1. The first-order chi connectivity index (χ1) is 11.6. The Morgan fingerprint density at radius 2 is 1.96 bits per heavy atom. The molecule has 0 aliphatic carbocycles. The third-order valence-electron chi connectivity index (χ3n) is 3.74. The fraction of sp³-hybridized carbons (Fsp3) is 0.235. The van der Waals surface area contributed by atoms with E-state index in [9.17, 15) is 17.6 Å². The van der Waals surface area contributed by atoms with Crippen LogP contribution in [0.15, 0.2) is 35.2 Å². The van der Waals surface area contributed by atoms with Gasteiger partial charge in [0.15, 0.2) is 0 Å². The molecule has 0 bridgehead atoms. The van der Waals surface area contributed by atoms with Gasteiger partial charge in [-0.05, 0) is 54.3 Å². The highest BCUT2D eigenvalue weighted by atomic mass is 35.5. The third kappa shape index (κ3) is 4.78. The van der Waals surface area contributed by atoms with Gasteiger partial charge in [-0.2, -0.15) is 0 Å². The Balaban J connectivity index is 2.28. The molecule has 1 amide bonds. The quantitative estimate of drug-likeness (QED) is 0.829. The normalized spacial score (nSPS) is 11.4. The molecule has 8 heteroatoms. The lowest BCUT2D eigenvalue weighted by Crippen LogP contribution is -2.18. The second kappa shape index (κ2) is 7.51. The maximum absolute atomic E-state index is 13.1. The summed E-state index contributed by atoms with van der Waals surface area (Å²) in [5.41, 5.74) is 2.11. The van der Waals surface area contributed by atoms with E-state index >= 15 is 0 Å². The highest BCUT2D eigenvalue weighted by Crippen LogP contribution is 2.25. The van der Waals surface area contributed by atoms with E-state index in [0.717, 1.165) is 6.07 Å². The van der Waals surface area contributed by atoms with Crippen molar-refractivity contribution in [2.75, 3.05) is 5.32 Å². The Morgan fingerprint density at radius 1 is 1.28 bits per heavy atom. The van der Waals surface area contributed by atoms with Gasteiger partial charge in [-0.25, -0.2) is 17.9 Å². The zero-order chi connectivity index (χ0) is 18.8. The van der Waals surface area contributed by atoms with Crippen molar-refractivity contribution < 1.29 is 17.6 Å². The summed E-state index contributed by atoms with van der Waals surface area (Å²) in [5.74, 6) is -0.893. The van der Waals surface area contributed by atoms with Crippen LogP contribution in [0.2, 0.25) is 5.02 Å². The predicted octanol–water partition coefficient (Wildman–Crippen LogP) is 3.18. The molecule has 0 saturated carbocycles. The molecule has 0 atom stereocenters. The molecule has 2 rings (SSSR count). The van der Waals surface area contributed by atoms with Crippen LogP contribution in [0.4, 0.5) is 10.1 Å². The zero-order valence-electron chi connectivity index (χ0n) is 13.8. The van der Waals surface area contributed by atoms with Gasteiger partial charge in [-0.15, -0.1) is 0 Å². The lowest BCUT2D eigenvalue weighted by molar-refractivity contribution is -0.115. The van der Waals surface area contributed by atoms with Crippen LogP contribution in [-0.2, 0) is 27.7 Å². The van der Waals surface area contributed by atoms with Crippen LogP contribution in [0, 0.1) is 12.7 Å². The van der Waals surface area contributed by atoms with Gasteiger partial charge in [0.1, 0.15) is 5.82 Å². The maximum Gasteiger partial charge on any atom is 0.238 e. The molecule has 134 valence electrons. The minimum Gasteiger partial charge on any atom is -0.326 e. The molecular formula is C17H18ClFN2O3S. The molecule has 0 unspecified atom stereocenters. The average molecular weight is 385 g/mol. The monoisotopic (exact) mass is 384 g/mol. The molecule has 2 aromatic rings. The van der Waals surface area contributed by atoms with E-state index in [1.165, 1.54) is 18.2 Å². The Morgan fingerprint density at radius 3 is 2.52 bits per heavy atom. The highest BCUT2D eigenvalue weighted by molar-refractivity contribution is 7.89. The number of hydrogen-bond donors (Lipinski definition) is 2. The first-order valence-corrected chi connectivity index (χ1v) is 9.44. The van der Waals surface area contributed by atoms with E-state index in [1.54, 1.807) is 13.0 Å². The van der Waals surface area contributed by atoms with Crippen LogP contribution in [-0.4, -0.2) is 14.3 Å². The Kier molecular flexibility index (Phi) is 5.82. The van der Waals surface area contributed by atoms with Crippen molar-refractivity contribution in [3.8, 4) is 0 Å². The molecule has 0 saturated heterocycles. The summed E-state index contributed by atoms with van der Waals surface area (Å²) in [6.45, 7) is 3.58. The van der Waals surface area contributed by atoms with Crippen molar-refractivity contribution in [1.82, 2.24) is 0 Å². The Hall–Kier alpha value is -1.96. The number of hydrogen-bond acceptors (Lipinski definition) is 3. The smallest absolute Gasteiger partial charge is 0.238 e. The van der Waals surface area contributed by atoms with E-state index in [4.69, 9.17) is 16.7 Å². The van der Waals surface area contributed by atoms with Crippen molar-refractivity contribution in [2.45, 2.75) is 31.6 Å². The number of carbonyl (C=O) groups excluding carboxylic acids is 1. The molecule has 0 spiro atoms. The molecule has 0 aromatic heterocycles. The summed E-state index contributed by atoms with van der Waals surface area (Å²) in [6, 6.07) is 6.79. The molecule has 5 nitrogen and oxygen atoms in total. The van der Waals surface area contributed by atoms with Crippen molar-refractivity contribution in [3.05, 3.63) is 57.9 Å². The number of halogens is 2. The van der Waals surface area contributed by atoms with Gasteiger partial charge in [-0.3, -0.25) is 4.79 Å². The molecular weight excluding hydrogens is 367 g/mol. The van der Waals surface area contributed by atoms with Gasteiger partial charge in [-0.1, -0.05) is 24.6 Å². The summed E-state index contributed by atoms with van der Waals surface area (Å²) >= 11 is 5.91. The SMILES string of the molecule is CCc1c(C)cc(NC(=O)Cc2ccc(F)cc2Cl)cc1S(N)(=O)=O. The van der Waals surface area contributed by atoms with Crippen molar-refractivity contribution in [1.29, 1.82) is 0 Å². The number of benzene rings is 2. The van der Waals surface area contributed by atoms with E-state index in [0.29, 0.717) is 28.8 Å². The van der Waals surface area contributed by atoms with Crippen molar-refractivity contribution >= 4 is 33.2 Å². The van der Waals surface area contributed by atoms with Gasteiger partial charge < -0.3 is 5.32 Å². The van der Waals surface area contributed by atoms with E-state index in [2.05, 4.69) is 5.32 Å². The van der Waals surface area contributed by atoms with Crippen LogP contribution in [0.5, 0.6) is 0 Å². The summed E-state index contributed by atoms with van der Waals surface area (Å²) < 4.78 is 36.6. The lowest BCUT2D eigenvalue weighted by Gasteiger charge is -2.13. The minimum atomic E-state index is -3.91. The van der Waals surface area contributed by atoms with E-state index in [1.807, 2.05) is 6.92 Å². The second-order valence-corrected chi connectivity index (χ2v) is 7.57. The predicted molar refractivity (Wildman–Crippen MR) is 95.7 cm³/mol. The van der Waals surface area contributed by atoms with Gasteiger partial charge in [0.2, 0.25) is 15.9 Å². The second-order valence-electron chi connectivity index (χ2n) is 5.63. The number of anilines is 1. The van der Waals surface area contributed by atoms with E-state index in [-0.39, 0.29) is 16.3 Å². The number of nitrogens with two attached hydrogens (primary N) is 1. The molecule has 3 N–H and O–H groups in total. The summed E-state index contributed by atoms with van der Waals surface area (Å²) in [5, 5.41) is 8.04. The molecule has 0 heterocycles. The summed E-state index contributed by atoms with van der Waals surface area (Å²) in [7, 11) is -3.91. The van der Waals surface area contributed by atoms with Gasteiger partial charge in [0.05, 0.1) is 11.3 Å². The number of sulfonamides is 1. The lowest BCUT2D eigenvalue weighted by atomic mass is 10.1. The van der Waals surface area contributed by atoms with E-state index < -0.39 is 21.7 Å². The minimum absolute atomic E-state index is 0.00915. The number of carbonyl (C=O) groups is 1. The van der Waals surface area contributed by atoms with Crippen molar-refractivity contribution in [2.24, 2.45) is 5.14 Å². The van der Waals surface area contributed by atoms with Gasteiger partial charge >= 0.3 is 0 Å². The molecule has 0 fully saturated rings. The number of rotatable bonds is 5. The summed E-state index contributed by atoms with van der Waals surface area (Å²) in [6.07, 6.45) is 0.426. The topological polar surface area (TPSA) is 89.3 Å². The summed E-state index contributed by atoms with van der Waals surface area (Å²) in [4.78, 5) is 12.2. The maximum atomic E-state index is 13.1. The van der Waals surface area contributed by atoms with Gasteiger partial charge in [0.25, 0.3) is 0 Å². The highest BCUT2D eigenvalue weighted by Gasteiger charge is 2.17.